The number of rotatable bonds is 9. The van der Waals surface area contributed by atoms with Crippen molar-refractivity contribution in [2.45, 2.75) is 26.7 Å². The van der Waals surface area contributed by atoms with Crippen molar-refractivity contribution in [1.82, 2.24) is 10.2 Å². The molecule has 0 fully saturated rings. The molecule has 2 rings (SSSR count). The van der Waals surface area contributed by atoms with E-state index in [2.05, 4.69) is 11.4 Å². The molecule has 0 aliphatic rings. The van der Waals surface area contributed by atoms with E-state index in [9.17, 15) is 9.59 Å². The van der Waals surface area contributed by atoms with Crippen LogP contribution >= 0.6 is 0 Å². The quantitative estimate of drug-likeness (QED) is 0.740. The molecule has 144 valence electrons. The van der Waals surface area contributed by atoms with Gasteiger partial charge in [0.05, 0.1) is 13.0 Å². The number of nitrogens with zero attached hydrogens (tertiary/aromatic N) is 1. The number of hydrogen-bond acceptors (Lipinski definition) is 3. The van der Waals surface area contributed by atoms with Crippen molar-refractivity contribution in [1.29, 1.82) is 0 Å². The molecule has 2 aromatic rings. The van der Waals surface area contributed by atoms with E-state index in [1.54, 1.807) is 11.9 Å². The predicted octanol–water partition coefficient (Wildman–Crippen LogP) is 2.89. The summed E-state index contributed by atoms with van der Waals surface area (Å²) in [6.45, 7) is 5.34. The van der Waals surface area contributed by atoms with E-state index >= 15 is 0 Å². The lowest BCUT2D eigenvalue weighted by Crippen LogP contribution is -2.34. The minimum absolute atomic E-state index is 0.0148. The molecule has 0 atom stereocenters. The maximum atomic E-state index is 12.2. The Labute approximate surface area is 161 Å². The topological polar surface area (TPSA) is 58.6 Å². The van der Waals surface area contributed by atoms with Gasteiger partial charge >= 0.3 is 0 Å². The van der Waals surface area contributed by atoms with Crippen LogP contribution in [0.4, 0.5) is 0 Å². The third kappa shape index (κ3) is 7.52. The molecular formula is C22H28N2O3. The Morgan fingerprint density at radius 2 is 1.70 bits per heavy atom. The summed E-state index contributed by atoms with van der Waals surface area (Å²) in [5, 5.41) is 2.79. The number of benzene rings is 2. The molecule has 0 bridgehead atoms. The van der Waals surface area contributed by atoms with Crippen LogP contribution < -0.4 is 10.1 Å². The van der Waals surface area contributed by atoms with Gasteiger partial charge in [0.25, 0.3) is 0 Å². The van der Waals surface area contributed by atoms with Crippen LogP contribution in [-0.2, 0) is 16.0 Å². The average molecular weight is 368 g/mol. The van der Waals surface area contributed by atoms with Gasteiger partial charge in [-0.15, -0.1) is 0 Å². The van der Waals surface area contributed by atoms with Gasteiger partial charge < -0.3 is 15.0 Å². The molecular weight excluding hydrogens is 340 g/mol. The first kappa shape index (κ1) is 20.5. The summed E-state index contributed by atoms with van der Waals surface area (Å²) in [6, 6.07) is 15.6. The van der Waals surface area contributed by atoms with Gasteiger partial charge in [-0.1, -0.05) is 36.4 Å². The van der Waals surface area contributed by atoms with Gasteiger partial charge in [0.15, 0.2) is 0 Å². The smallest absolute Gasteiger partial charge is 0.224 e. The number of nitrogens with one attached hydrogen (secondary N) is 1. The van der Waals surface area contributed by atoms with E-state index in [4.69, 9.17) is 4.74 Å². The van der Waals surface area contributed by atoms with Crippen molar-refractivity contribution in [3.05, 3.63) is 65.2 Å². The summed E-state index contributed by atoms with van der Waals surface area (Å²) in [7, 11) is 1.75. The van der Waals surface area contributed by atoms with E-state index in [-0.39, 0.29) is 18.2 Å². The Morgan fingerprint density at radius 1 is 1.04 bits per heavy atom. The van der Waals surface area contributed by atoms with E-state index in [1.165, 1.54) is 0 Å². The van der Waals surface area contributed by atoms with Crippen LogP contribution in [0.25, 0.3) is 0 Å². The van der Waals surface area contributed by atoms with E-state index in [1.807, 2.05) is 56.3 Å². The Hall–Kier alpha value is -2.82. The third-order valence-electron chi connectivity index (χ3n) is 4.18. The van der Waals surface area contributed by atoms with Crippen LogP contribution in [0.15, 0.2) is 48.5 Å². The Balaban J connectivity index is 1.64. The highest BCUT2D eigenvalue weighted by atomic mass is 16.5. The lowest BCUT2D eigenvalue weighted by Gasteiger charge is -2.18. The summed E-state index contributed by atoms with van der Waals surface area (Å²) < 4.78 is 5.73. The number of likely N-dealkylation sites (N-methyl/N-ethyl adjacent to an activating group) is 1. The van der Waals surface area contributed by atoms with Crippen molar-refractivity contribution in [3.8, 4) is 5.75 Å². The van der Waals surface area contributed by atoms with Gasteiger partial charge in [-0.2, -0.15) is 0 Å². The maximum Gasteiger partial charge on any atom is 0.224 e. The number of ether oxygens (including phenoxy) is 1. The number of hydrogen-bond donors (Lipinski definition) is 1. The minimum Gasteiger partial charge on any atom is -0.492 e. The van der Waals surface area contributed by atoms with Gasteiger partial charge in [-0.05, 0) is 42.7 Å². The first-order valence-electron chi connectivity index (χ1n) is 9.20. The zero-order valence-electron chi connectivity index (χ0n) is 16.3. The second-order valence-corrected chi connectivity index (χ2v) is 6.75. The second-order valence-electron chi connectivity index (χ2n) is 6.75. The monoisotopic (exact) mass is 368 g/mol. The molecule has 27 heavy (non-hydrogen) atoms. The minimum atomic E-state index is -0.0743. The summed E-state index contributed by atoms with van der Waals surface area (Å²) in [5.74, 6) is 0.732. The maximum absolute atomic E-state index is 12.2. The lowest BCUT2D eigenvalue weighted by molar-refractivity contribution is -0.130. The molecule has 5 nitrogen and oxygen atoms in total. The molecule has 5 heteroatoms. The molecule has 2 amide bonds. The summed E-state index contributed by atoms with van der Waals surface area (Å²) in [4.78, 5) is 25.7. The molecule has 2 aromatic carbocycles. The SMILES string of the molecule is Cc1cc(C)cc(OCCN(C)C(=O)CCNC(=O)Cc2ccccc2)c1. The molecule has 0 spiro atoms. The largest absolute Gasteiger partial charge is 0.492 e. The first-order chi connectivity index (χ1) is 12.9. The van der Waals surface area contributed by atoms with Crippen molar-refractivity contribution in [2.75, 3.05) is 26.7 Å². The van der Waals surface area contributed by atoms with Crippen molar-refractivity contribution in [3.63, 3.8) is 0 Å². The summed E-state index contributed by atoms with van der Waals surface area (Å²) in [6.07, 6.45) is 0.606. The summed E-state index contributed by atoms with van der Waals surface area (Å²) >= 11 is 0. The Kier molecular flexibility index (Phi) is 7.86. The fourth-order valence-electron chi connectivity index (χ4n) is 2.78. The fourth-order valence-corrected chi connectivity index (χ4v) is 2.78. The Bertz CT molecular complexity index is 739. The average Bonchev–Trinajstić information content (AvgIpc) is 2.61. The second kappa shape index (κ2) is 10.4. The highest BCUT2D eigenvalue weighted by molar-refractivity contribution is 5.80. The number of carbonyl (C=O) groups excluding carboxylic acids is 2. The van der Waals surface area contributed by atoms with Crippen molar-refractivity contribution < 1.29 is 14.3 Å². The molecule has 0 radical (unpaired) electrons. The van der Waals surface area contributed by atoms with E-state index < -0.39 is 0 Å². The molecule has 0 heterocycles. The van der Waals surface area contributed by atoms with Crippen LogP contribution in [0.2, 0.25) is 0 Å². The number of aryl methyl sites for hydroxylation is 2. The van der Waals surface area contributed by atoms with Crippen LogP contribution in [-0.4, -0.2) is 43.5 Å². The molecule has 0 aliphatic carbocycles. The fraction of sp³-hybridized carbons (Fsp3) is 0.364. The zero-order valence-corrected chi connectivity index (χ0v) is 16.3. The molecule has 0 saturated heterocycles. The van der Waals surface area contributed by atoms with Gasteiger partial charge in [0.1, 0.15) is 12.4 Å². The van der Waals surface area contributed by atoms with Gasteiger partial charge in [-0.25, -0.2) is 0 Å². The van der Waals surface area contributed by atoms with Crippen LogP contribution in [0.3, 0.4) is 0 Å². The van der Waals surface area contributed by atoms with E-state index in [0.29, 0.717) is 26.1 Å². The van der Waals surface area contributed by atoms with Crippen LogP contribution in [0, 0.1) is 13.8 Å². The lowest BCUT2D eigenvalue weighted by atomic mass is 10.1. The Morgan fingerprint density at radius 3 is 2.37 bits per heavy atom. The molecule has 0 aromatic heterocycles. The van der Waals surface area contributed by atoms with Gasteiger partial charge in [0, 0.05) is 20.0 Å². The predicted molar refractivity (Wildman–Crippen MR) is 107 cm³/mol. The van der Waals surface area contributed by atoms with Crippen molar-refractivity contribution >= 4 is 11.8 Å². The first-order valence-corrected chi connectivity index (χ1v) is 9.20. The summed E-state index contributed by atoms with van der Waals surface area (Å²) in [5.41, 5.74) is 3.27. The number of carbonyl (C=O) groups is 2. The third-order valence-corrected chi connectivity index (χ3v) is 4.18. The highest BCUT2D eigenvalue weighted by Crippen LogP contribution is 2.16. The standard InChI is InChI=1S/C22H28N2O3/c1-17-13-18(2)15-20(14-17)27-12-11-24(3)22(26)9-10-23-21(25)16-19-7-5-4-6-8-19/h4-8,13-15H,9-12,16H2,1-3H3,(H,23,25). The van der Waals surface area contributed by atoms with Crippen LogP contribution in [0.5, 0.6) is 5.75 Å². The molecule has 0 unspecified atom stereocenters. The normalized spacial score (nSPS) is 10.3. The van der Waals surface area contributed by atoms with Gasteiger partial charge in [-0.3, -0.25) is 9.59 Å². The molecule has 1 N–H and O–H groups in total. The zero-order chi connectivity index (χ0) is 19.6. The van der Waals surface area contributed by atoms with Crippen molar-refractivity contribution in [2.24, 2.45) is 0 Å². The van der Waals surface area contributed by atoms with Gasteiger partial charge in [0.2, 0.25) is 11.8 Å². The number of amides is 2. The molecule has 0 saturated carbocycles. The highest BCUT2D eigenvalue weighted by Gasteiger charge is 2.10. The molecule has 0 aliphatic heterocycles. The van der Waals surface area contributed by atoms with E-state index in [0.717, 1.165) is 22.4 Å². The van der Waals surface area contributed by atoms with Crippen LogP contribution in [0.1, 0.15) is 23.1 Å².